The summed E-state index contributed by atoms with van der Waals surface area (Å²) in [6, 6.07) is 9.13. The molecule has 3 aromatic rings. The van der Waals surface area contributed by atoms with E-state index in [9.17, 15) is 4.79 Å². The lowest BCUT2D eigenvalue weighted by atomic mass is 9.97. The minimum atomic E-state index is -0.418. The maximum atomic E-state index is 16.0. The van der Waals surface area contributed by atoms with Gasteiger partial charge in [-0.2, -0.15) is 0 Å². The number of hydrogen-bond donors (Lipinski definition) is 1. The van der Waals surface area contributed by atoms with E-state index in [2.05, 4.69) is 15.5 Å². The van der Waals surface area contributed by atoms with Gasteiger partial charge in [0.05, 0.1) is 17.9 Å². The average Bonchev–Trinajstić information content (AvgIpc) is 3.17. The molecule has 1 N–H and O–H groups in total. The van der Waals surface area contributed by atoms with E-state index in [-0.39, 0.29) is 30.3 Å². The number of halogens is 1. The van der Waals surface area contributed by atoms with Crippen LogP contribution in [-0.2, 0) is 11.3 Å². The summed E-state index contributed by atoms with van der Waals surface area (Å²) in [5.41, 5.74) is 4.35. The maximum Gasteiger partial charge on any atom is 0.273 e. The Balaban J connectivity index is 1.73. The first kappa shape index (κ1) is 22.9. The predicted molar refractivity (Wildman–Crippen MR) is 124 cm³/mol. The second-order valence-corrected chi connectivity index (χ2v) is 8.73. The number of carbonyl (C=O) groups excluding carboxylic acids is 1. The van der Waals surface area contributed by atoms with Crippen LogP contribution in [0.1, 0.15) is 47.0 Å². The third-order valence-electron chi connectivity index (χ3n) is 5.66. The van der Waals surface area contributed by atoms with Gasteiger partial charge < -0.3 is 19.5 Å². The lowest BCUT2D eigenvalue weighted by Gasteiger charge is -2.37. The third kappa shape index (κ3) is 5.06. The first-order valence-corrected chi connectivity index (χ1v) is 11.1. The molecule has 1 aliphatic rings. The van der Waals surface area contributed by atoms with E-state index in [0.717, 1.165) is 22.5 Å². The number of morpholine rings is 1. The predicted octanol–water partition coefficient (Wildman–Crippen LogP) is 4.34. The minimum Gasteiger partial charge on any atom is -0.372 e. The number of pyridine rings is 1. The summed E-state index contributed by atoms with van der Waals surface area (Å²) in [7, 11) is 0. The van der Waals surface area contributed by atoms with E-state index < -0.39 is 5.91 Å². The second-order valence-electron chi connectivity index (χ2n) is 8.73. The van der Waals surface area contributed by atoms with Gasteiger partial charge in [0, 0.05) is 42.7 Å². The number of amides is 1. The van der Waals surface area contributed by atoms with Crippen LogP contribution < -0.4 is 10.2 Å². The van der Waals surface area contributed by atoms with Crippen LogP contribution in [0.5, 0.6) is 0 Å². The molecular formula is C25H29FN4O3. The Bertz CT molecular complexity index is 1150. The molecule has 1 amide bonds. The Morgan fingerprint density at radius 1 is 1.12 bits per heavy atom. The van der Waals surface area contributed by atoms with Gasteiger partial charge >= 0.3 is 0 Å². The summed E-state index contributed by atoms with van der Waals surface area (Å²) in [5, 5.41) is 6.55. The number of aryl methyl sites for hydroxylation is 3. The molecule has 3 heterocycles. The molecule has 1 saturated heterocycles. The highest BCUT2D eigenvalue weighted by Crippen LogP contribution is 2.33. The quantitative estimate of drug-likeness (QED) is 0.620. The standard InChI is InChI=1S/C25H29FN4O3/c1-14-8-19(9-15(2)28-14)20-6-7-23(30-12-17(4)32-18(5)13-30)24(26)21(20)11-27-25(31)22-10-16(3)33-29-22/h6-10,17-18H,11-13H2,1-5H3,(H,27,31)/t17-,18+. The number of hydrogen-bond acceptors (Lipinski definition) is 6. The van der Waals surface area contributed by atoms with E-state index in [0.29, 0.717) is 30.1 Å². The SMILES string of the molecule is Cc1cc(-c2ccc(N3C[C@@H](C)O[C@@H](C)C3)c(F)c2CNC(=O)c2cc(C)on2)cc(C)n1. The van der Waals surface area contributed by atoms with Crippen LogP contribution in [0.25, 0.3) is 11.1 Å². The first-order chi connectivity index (χ1) is 15.7. The lowest BCUT2D eigenvalue weighted by Crippen LogP contribution is -2.46. The molecule has 0 saturated carbocycles. The fourth-order valence-electron chi connectivity index (χ4n) is 4.39. The van der Waals surface area contributed by atoms with E-state index in [1.807, 2.05) is 56.9 Å². The number of ether oxygens (including phenoxy) is 1. The highest BCUT2D eigenvalue weighted by molar-refractivity contribution is 5.92. The largest absolute Gasteiger partial charge is 0.372 e. The topological polar surface area (TPSA) is 80.5 Å². The molecule has 174 valence electrons. The highest BCUT2D eigenvalue weighted by Gasteiger charge is 2.26. The Hall–Kier alpha value is -3.26. The van der Waals surface area contributed by atoms with Crippen molar-refractivity contribution in [2.75, 3.05) is 18.0 Å². The fourth-order valence-corrected chi connectivity index (χ4v) is 4.39. The third-order valence-corrected chi connectivity index (χ3v) is 5.66. The van der Waals surface area contributed by atoms with Crippen LogP contribution in [0.3, 0.4) is 0 Å². The van der Waals surface area contributed by atoms with Crippen molar-refractivity contribution in [3.8, 4) is 11.1 Å². The van der Waals surface area contributed by atoms with Crippen molar-refractivity contribution in [1.82, 2.24) is 15.5 Å². The molecule has 0 aliphatic carbocycles. The van der Waals surface area contributed by atoms with Crippen molar-refractivity contribution >= 4 is 11.6 Å². The molecule has 8 heteroatoms. The van der Waals surface area contributed by atoms with Gasteiger partial charge in [-0.3, -0.25) is 9.78 Å². The van der Waals surface area contributed by atoms with E-state index in [1.165, 1.54) is 0 Å². The number of nitrogens with one attached hydrogen (secondary N) is 1. The van der Waals surface area contributed by atoms with Crippen LogP contribution in [-0.4, -0.2) is 41.3 Å². The molecule has 0 unspecified atom stereocenters. The second kappa shape index (κ2) is 9.31. The molecular weight excluding hydrogens is 423 g/mol. The van der Waals surface area contributed by atoms with Gasteiger partial charge in [0.15, 0.2) is 11.5 Å². The van der Waals surface area contributed by atoms with Gasteiger partial charge in [-0.1, -0.05) is 11.2 Å². The molecule has 4 rings (SSSR count). The fraction of sp³-hybridized carbons (Fsp3) is 0.400. The summed E-state index contributed by atoms with van der Waals surface area (Å²) in [6.07, 6.45) is -0.00578. The van der Waals surface area contributed by atoms with Crippen molar-refractivity contribution in [3.63, 3.8) is 0 Å². The van der Waals surface area contributed by atoms with Crippen molar-refractivity contribution in [3.05, 3.63) is 64.6 Å². The smallest absolute Gasteiger partial charge is 0.273 e. The summed E-state index contributed by atoms with van der Waals surface area (Å²) >= 11 is 0. The van der Waals surface area contributed by atoms with Gasteiger partial charge in [0.25, 0.3) is 5.91 Å². The van der Waals surface area contributed by atoms with Crippen molar-refractivity contribution in [2.45, 2.75) is 53.4 Å². The summed E-state index contributed by atoms with van der Waals surface area (Å²) in [6.45, 7) is 10.7. The number of benzene rings is 1. The molecule has 7 nitrogen and oxygen atoms in total. The molecule has 0 bridgehead atoms. The molecule has 2 aromatic heterocycles. The maximum absolute atomic E-state index is 16.0. The molecule has 2 atom stereocenters. The van der Waals surface area contributed by atoms with Crippen LogP contribution in [0.4, 0.5) is 10.1 Å². The zero-order valence-electron chi connectivity index (χ0n) is 19.6. The van der Waals surface area contributed by atoms with Gasteiger partial charge in [-0.25, -0.2) is 4.39 Å². The van der Waals surface area contributed by atoms with Crippen molar-refractivity contribution < 1.29 is 18.4 Å². The number of nitrogens with zero attached hydrogens (tertiary/aromatic N) is 3. The monoisotopic (exact) mass is 452 g/mol. The van der Waals surface area contributed by atoms with Gasteiger partial charge in [-0.15, -0.1) is 0 Å². The molecule has 33 heavy (non-hydrogen) atoms. The molecule has 1 aliphatic heterocycles. The molecule has 1 fully saturated rings. The van der Waals surface area contributed by atoms with Crippen LogP contribution in [0, 0.1) is 26.6 Å². The lowest BCUT2D eigenvalue weighted by molar-refractivity contribution is -0.00540. The van der Waals surface area contributed by atoms with Crippen LogP contribution in [0.15, 0.2) is 34.9 Å². The van der Waals surface area contributed by atoms with Crippen LogP contribution in [0.2, 0.25) is 0 Å². The highest BCUT2D eigenvalue weighted by atomic mass is 19.1. The molecule has 1 aromatic carbocycles. The summed E-state index contributed by atoms with van der Waals surface area (Å²) in [5.74, 6) is -0.233. The Kier molecular flexibility index (Phi) is 6.47. The average molecular weight is 453 g/mol. The number of carbonyl (C=O) groups is 1. The van der Waals surface area contributed by atoms with Crippen molar-refractivity contribution in [1.29, 1.82) is 0 Å². The van der Waals surface area contributed by atoms with E-state index >= 15 is 4.39 Å². The molecule has 0 radical (unpaired) electrons. The number of aromatic nitrogens is 2. The van der Waals surface area contributed by atoms with Gasteiger partial charge in [-0.05, 0) is 63.9 Å². The minimum absolute atomic E-state index is 0.00289. The number of anilines is 1. The summed E-state index contributed by atoms with van der Waals surface area (Å²) in [4.78, 5) is 19.0. The Morgan fingerprint density at radius 3 is 2.39 bits per heavy atom. The normalized spacial score (nSPS) is 18.4. The molecule has 0 spiro atoms. The van der Waals surface area contributed by atoms with E-state index in [1.54, 1.807) is 13.0 Å². The Labute approximate surface area is 192 Å². The summed E-state index contributed by atoms with van der Waals surface area (Å²) < 4.78 is 26.8. The van der Waals surface area contributed by atoms with E-state index in [4.69, 9.17) is 9.26 Å². The van der Waals surface area contributed by atoms with Crippen LogP contribution >= 0.6 is 0 Å². The first-order valence-electron chi connectivity index (χ1n) is 11.1. The number of rotatable bonds is 5. The van der Waals surface area contributed by atoms with Gasteiger partial charge in [0.2, 0.25) is 0 Å². The van der Waals surface area contributed by atoms with Gasteiger partial charge in [0.1, 0.15) is 5.76 Å². The van der Waals surface area contributed by atoms with Crippen molar-refractivity contribution in [2.24, 2.45) is 0 Å². The zero-order valence-corrected chi connectivity index (χ0v) is 19.6. The Morgan fingerprint density at radius 2 is 1.79 bits per heavy atom. The zero-order chi connectivity index (χ0) is 23.7.